The summed E-state index contributed by atoms with van der Waals surface area (Å²) in [6.07, 6.45) is 4.63. The van der Waals surface area contributed by atoms with E-state index in [1.54, 1.807) is 44.2 Å². The topological polar surface area (TPSA) is 93.2 Å². The summed E-state index contributed by atoms with van der Waals surface area (Å²) in [4.78, 5) is 33.4. The van der Waals surface area contributed by atoms with Gasteiger partial charge in [0.15, 0.2) is 0 Å². The highest BCUT2D eigenvalue weighted by Gasteiger charge is 2.19. The number of rotatable bonds is 6. The molecular weight excluding hydrogens is 344 g/mol. The molecule has 142 valence electrons. The summed E-state index contributed by atoms with van der Waals surface area (Å²) in [5, 5.41) is 6.14. The van der Waals surface area contributed by atoms with Crippen molar-refractivity contribution in [2.45, 2.75) is 45.6 Å². The highest BCUT2D eigenvalue weighted by Crippen LogP contribution is 2.22. The van der Waals surface area contributed by atoms with Crippen molar-refractivity contribution in [3.63, 3.8) is 0 Å². The minimum atomic E-state index is -0.476. The summed E-state index contributed by atoms with van der Waals surface area (Å²) in [5.74, 6) is 0.294. The molecule has 1 aliphatic rings. The van der Waals surface area contributed by atoms with Gasteiger partial charge >= 0.3 is 5.97 Å². The molecule has 0 unspecified atom stereocenters. The zero-order chi connectivity index (χ0) is 19.2. The number of para-hydroxylation sites is 1. The molecule has 2 aromatic rings. The lowest BCUT2D eigenvalue weighted by Crippen LogP contribution is -2.20. The molecule has 1 aromatic carbocycles. The van der Waals surface area contributed by atoms with Crippen LogP contribution in [-0.2, 0) is 4.74 Å². The van der Waals surface area contributed by atoms with Crippen LogP contribution in [0, 0.1) is 6.92 Å². The predicted molar refractivity (Wildman–Crippen MR) is 103 cm³/mol. The van der Waals surface area contributed by atoms with E-state index in [1.807, 2.05) is 0 Å². The number of nitrogens with zero attached hydrogens (tertiary/aromatic N) is 2. The third-order valence-electron chi connectivity index (χ3n) is 4.45. The smallest absolute Gasteiger partial charge is 0.340 e. The van der Waals surface area contributed by atoms with Gasteiger partial charge in [-0.15, -0.1) is 0 Å². The molecule has 3 rings (SSSR count). The van der Waals surface area contributed by atoms with E-state index in [9.17, 15) is 9.59 Å². The van der Waals surface area contributed by atoms with Gasteiger partial charge in [-0.25, -0.2) is 14.8 Å². The molecule has 2 N–H and O–H groups in total. The van der Waals surface area contributed by atoms with Gasteiger partial charge in [-0.3, -0.25) is 4.79 Å². The number of hydrogen-bond acceptors (Lipinski definition) is 6. The average molecular weight is 368 g/mol. The Bertz CT molecular complexity index is 832. The summed E-state index contributed by atoms with van der Waals surface area (Å²) < 4.78 is 5.04. The van der Waals surface area contributed by atoms with E-state index in [2.05, 4.69) is 20.6 Å². The maximum Gasteiger partial charge on any atom is 0.340 e. The number of aryl methyl sites for hydroxylation is 1. The second kappa shape index (κ2) is 8.62. The number of hydrogen-bond donors (Lipinski definition) is 2. The normalized spacial score (nSPS) is 14.0. The number of nitrogens with one attached hydrogen (secondary N) is 2. The Balaban J connectivity index is 1.78. The van der Waals surface area contributed by atoms with Gasteiger partial charge in [-0.05, 0) is 38.8 Å². The molecule has 1 aliphatic carbocycles. The summed E-state index contributed by atoms with van der Waals surface area (Å²) in [6.45, 7) is 3.76. The first kappa shape index (κ1) is 18.8. The van der Waals surface area contributed by atoms with E-state index in [0.717, 1.165) is 12.8 Å². The number of benzene rings is 1. The molecule has 1 heterocycles. The lowest BCUT2D eigenvalue weighted by atomic mass is 10.1. The standard InChI is InChI=1S/C20H24N4O3/c1-3-27-20(26)15-10-6-7-11-16(15)24-19(25)17-12-18(22-13(2)21-17)23-14-8-4-5-9-14/h6-7,10-12,14H,3-5,8-9H2,1-2H3,(H,24,25)(H,21,22,23). The fourth-order valence-corrected chi connectivity index (χ4v) is 3.20. The van der Waals surface area contributed by atoms with Gasteiger partial charge in [0.05, 0.1) is 17.9 Å². The molecule has 0 bridgehead atoms. The van der Waals surface area contributed by atoms with Gasteiger partial charge in [0.25, 0.3) is 5.91 Å². The van der Waals surface area contributed by atoms with E-state index in [0.29, 0.717) is 28.9 Å². The van der Waals surface area contributed by atoms with Gasteiger partial charge < -0.3 is 15.4 Å². The largest absolute Gasteiger partial charge is 0.462 e. The first-order valence-corrected chi connectivity index (χ1v) is 9.26. The number of aromatic nitrogens is 2. The molecule has 1 aromatic heterocycles. The van der Waals surface area contributed by atoms with E-state index in [4.69, 9.17) is 4.74 Å². The molecular formula is C20H24N4O3. The summed E-state index contributed by atoms with van der Waals surface area (Å²) in [6, 6.07) is 8.78. The Morgan fingerprint density at radius 1 is 1.19 bits per heavy atom. The van der Waals surface area contributed by atoms with E-state index < -0.39 is 11.9 Å². The zero-order valence-corrected chi connectivity index (χ0v) is 15.6. The minimum Gasteiger partial charge on any atom is -0.462 e. The molecule has 0 spiro atoms. The average Bonchev–Trinajstić information content (AvgIpc) is 3.15. The van der Waals surface area contributed by atoms with Crippen molar-refractivity contribution in [1.82, 2.24) is 9.97 Å². The Labute approximate surface area is 158 Å². The first-order chi connectivity index (χ1) is 13.1. The molecule has 1 amide bonds. The first-order valence-electron chi connectivity index (χ1n) is 9.26. The molecule has 0 radical (unpaired) electrons. The molecule has 0 saturated heterocycles. The van der Waals surface area contributed by atoms with Gasteiger partial charge in [0.2, 0.25) is 0 Å². The Hall–Kier alpha value is -2.96. The maximum atomic E-state index is 12.7. The highest BCUT2D eigenvalue weighted by molar-refractivity contribution is 6.07. The Kier molecular flexibility index (Phi) is 6.01. The van der Waals surface area contributed by atoms with Gasteiger partial charge in [0.1, 0.15) is 17.3 Å². The van der Waals surface area contributed by atoms with Crippen LogP contribution in [0.3, 0.4) is 0 Å². The molecule has 27 heavy (non-hydrogen) atoms. The lowest BCUT2D eigenvalue weighted by molar-refractivity contribution is 0.0527. The Morgan fingerprint density at radius 2 is 1.93 bits per heavy atom. The minimum absolute atomic E-state index is 0.252. The quantitative estimate of drug-likeness (QED) is 0.757. The highest BCUT2D eigenvalue weighted by atomic mass is 16.5. The van der Waals surface area contributed by atoms with Crippen molar-refractivity contribution >= 4 is 23.4 Å². The fourth-order valence-electron chi connectivity index (χ4n) is 3.20. The fraction of sp³-hybridized carbons (Fsp3) is 0.400. The van der Waals surface area contributed by atoms with Crippen LogP contribution in [0.4, 0.5) is 11.5 Å². The van der Waals surface area contributed by atoms with Crippen LogP contribution in [0.1, 0.15) is 59.3 Å². The Morgan fingerprint density at radius 3 is 2.67 bits per heavy atom. The molecule has 7 heteroatoms. The van der Waals surface area contributed by atoms with Crippen LogP contribution in [0.2, 0.25) is 0 Å². The zero-order valence-electron chi connectivity index (χ0n) is 15.6. The molecule has 1 fully saturated rings. The lowest BCUT2D eigenvalue weighted by Gasteiger charge is -2.14. The predicted octanol–water partition coefficient (Wildman–Crippen LogP) is 3.57. The molecule has 0 aliphatic heterocycles. The summed E-state index contributed by atoms with van der Waals surface area (Å²) >= 11 is 0. The number of ether oxygens (including phenoxy) is 1. The van der Waals surface area contributed by atoms with Crippen molar-refractivity contribution in [3.8, 4) is 0 Å². The van der Waals surface area contributed by atoms with E-state index in [1.165, 1.54) is 12.8 Å². The summed E-state index contributed by atoms with van der Waals surface area (Å²) in [7, 11) is 0. The van der Waals surface area contributed by atoms with E-state index in [-0.39, 0.29) is 12.3 Å². The SMILES string of the molecule is CCOC(=O)c1ccccc1NC(=O)c1cc(NC2CCCC2)nc(C)n1. The molecule has 0 atom stereocenters. The molecule has 1 saturated carbocycles. The third-order valence-corrected chi connectivity index (χ3v) is 4.45. The van der Waals surface area contributed by atoms with Crippen LogP contribution >= 0.6 is 0 Å². The number of carbonyl (C=O) groups is 2. The number of esters is 1. The number of anilines is 2. The molecule has 7 nitrogen and oxygen atoms in total. The summed E-state index contributed by atoms with van der Waals surface area (Å²) in [5.41, 5.74) is 0.951. The van der Waals surface area contributed by atoms with Gasteiger partial charge in [0, 0.05) is 12.1 Å². The second-order valence-corrected chi connectivity index (χ2v) is 6.53. The van der Waals surface area contributed by atoms with Crippen molar-refractivity contribution < 1.29 is 14.3 Å². The number of carbonyl (C=O) groups excluding carboxylic acids is 2. The van der Waals surface area contributed by atoms with Crippen molar-refractivity contribution in [2.75, 3.05) is 17.2 Å². The van der Waals surface area contributed by atoms with Crippen LogP contribution in [0.25, 0.3) is 0 Å². The number of amides is 1. The van der Waals surface area contributed by atoms with E-state index >= 15 is 0 Å². The monoisotopic (exact) mass is 368 g/mol. The van der Waals surface area contributed by atoms with Crippen LogP contribution in [0.5, 0.6) is 0 Å². The van der Waals surface area contributed by atoms with Crippen LogP contribution < -0.4 is 10.6 Å². The third kappa shape index (κ3) is 4.81. The van der Waals surface area contributed by atoms with Crippen LogP contribution in [-0.4, -0.2) is 34.5 Å². The van der Waals surface area contributed by atoms with Crippen LogP contribution in [0.15, 0.2) is 30.3 Å². The second-order valence-electron chi connectivity index (χ2n) is 6.53. The maximum absolute atomic E-state index is 12.7. The van der Waals surface area contributed by atoms with Crippen molar-refractivity contribution in [1.29, 1.82) is 0 Å². The van der Waals surface area contributed by atoms with Gasteiger partial charge in [-0.1, -0.05) is 25.0 Å². The van der Waals surface area contributed by atoms with Gasteiger partial charge in [-0.2, -0.15) is 0 Å². The van der Waals surface area contributed by atoms with Crippen molar-refractivity contribution in [2.24, 2.45) is 0 Å². The van der Waals surface area contributed by atoms with Crippen molar-refractivity contribution in [3.05, 3.63) is 47.4 Å².